The Bertz CT molecular complexity index is 860. The molecule has 0 aromatic carbocycles. The lowest BCUT2D eigenvalue weighted by atomic mass is 9.95. The van der Waals surface area contributed by atoms with Crippen LogP contribution in [0.3, 0.4) is 0 Å². The smallest absolute Gasteiger partial charge is 0.266 e. The molecular formula is C20H25N5O2. The van der Waals surface area contributed by atoms with Crippen LogP contribution in [0.5, 0.6) is 0 Å². The normalized spacial score (nSPS) is 21.7. The highest BCUT2D eigenvalue weighted by Crippen LogP contribution is 2.25. The number of amides is 1. The predicted molar refractivity (Wildman–Crippen MR) is 102 cm³/mol. The molecule has 1 amide bonds. The van der Waals surface area contributed by atoms with Gasteiger partial charge in [-0.05, 0) is 37.5 Å². The average molecular weight is 367 g/mol. The Morgan fingerprint density at radius 1 is 1.15 bits per heavy atom. The van der Waals surface area contributed by atoms with Gasteiger partial charge in [0.25, 0.3) is 5.56 Å². The van der Waals surface area contributed by atoms with Crippen LogP contribution in [-0.2, 0) is 11.3 Å². The highest BCUT2D eigenvalue weighted by atomic mass is 16.2. The molecule has 2 aromatic rings. The Balaban J connectivity index is 1.41. The van der Waals surface area contributed by atoms with Gasteiger partial charge >= 0.3 is 0 Å². The molecule has 0 aliphatic carbocycles. The fourth-order valence-corrected chi connectivity index (χ4v) is 3.99. The molecule has 1 atom stereocenters. The van der Waals surface area contributed by atoms with Gasteiger partial charge in [0.1, 0.15) is 0 Å². The highest BCUT2D eigenvalue weighted by molar-refractivity contribution is 5.82. The second kappa shape index (κ2) is 7.60. The molecule has 2 saturated heterocycles. The minimum Gasteiger partial charge on any atom is -0.344 e. The first-order valence-electron chi connectivity index (χ1n) is 9.59. The maximum Gasteiger partial charge on any atom is 0.266 e. The predicted octanol–water partition coefficient (Wildman–Crippen LogP) is 1.25. The minimum atomic E-state index is -0.0913. The van der Waals surface area contributed by atoms with Crippen molar-refractivity contribution in [3.63, 3.8) is 0 Å². The summed E-state index contributed by atoms with van der Waals surface area (Å²) in [5.41, 5.74) is 1.55. The van der Waals surface area contributed by atoms with Gasteiger partial charge in [-0.2, -0.15) is 5.10 Å². The molecule has 27 heavy (non-hydrogen) atoms. The summed E-state index contributed by atoms with van der Waals surface area (Å²) < 4.78 is 1.55. The summed E-state index contributed by atoms with van der Waals surface area (Å²) in [4.78, 5) is 32.9. The molecule has 2 fully saturated rings. The van der Waals surface area contributed by atoms with Crippen LogP contribution in [0.2, 0.25) is 0 Å². The van der Waals surface area contributed by atoms with Crippen molar-refractivity contribution >= 4 is 5.91 Å². The summed E-state index contributed by atoms with van der Waals surface area (Å²) in [7, 11) is 1.89. The number of carbonyl (C=O) groups excluding carboxylic acids is 1. The highest BCUT2D eigenvalue weighted by Gasteiger charge is 2.38. The molecule has 4 heterocycles. The quantitative estimate of drug-likeness (QED) is 0.813. The SMILES string of the molecule is CN1CCCCC(N2CC(Cn3nc(-c4cccnc4)ccc3=O)C2)C1=O. The molecule has 0 N–H and O–H groups in total. The lowest BCUT2D eigenvalue weighted by Crippen LogP contribution is -2.58. The van der Waals surface area contributed by atoms with Crippen molar-refractivity contribution < 1.29 is 4.79 Å². The average Bonchev–Trinajstić information content (AvgIpc) is 2.82. The van der Waals surface area contributed by atoms with E-state index in [2.05, 4.69) is 15.0 Å². The lowest BCUT2D eigenvalue weighted by molar-refractivity contribution is -0.138. The van der Waals surface area contributed by atoms with E-state index in [1.54, 1.807) is 29.2 Å². The Labute approximate surface area is 158 Å². The van der Waals surface area contributed by atoms with Crippen molar-refractivity contribution in [2.45, 2.75) is 31.8 Å². The molecule has 2 aliphatic heterocycles. The number of likely N-dealkylation sites (tertiary alicyclic amines) is 2. The van der Waals surface area contributed by atoms with Crippen molar-refractivity contribution in [3.05, 3.63) is 47.0 Å². The third-order valence-electron chi connectivity index (χ3n) is 5.56. The fraction of sp³-hybridized carbons (Fsp3) is 0.500. The van der Waals surface area contributed by atoms with Crippen molar-refractivity contribution in [1.29, 1.82) is 0 Å². The van der Waals surface area contributed by atoms with Gasteiger partial charge < -0.3 is 4.90 Å². The zero-order chi connectivity index (χ0) is 18.8. The van der Waals surface area contributed by atoms with Gasteiger partial charge in [0.2, 0.25) is 5.91 Å². The van der Waals surface area contributed by atoms with Gasteiger partial charge in [-0.25, -0.2) is 4.68 Å². The van der Waals surface area contributed by atoms with Crippen molar-refractivity contribution in [2.24, 2.45) is 5.92 Å². The number of rotatable bonds is 4. The molecule has 2 aromatic heterocycles. The van der Waals surface area contributed by atoms with Crippen molar-refractivity contribution in [2.75, 3.05) is 26.7 Å². The largest absolute Gasteiger partial charge is 0.344 e. The Hall–Kier alpha value is -2.54. The van der Waals surface area contributed by atoms with E-state index in [1.165, 1.54) is 0 Å². The van der Waals surface area contributed by atoms with Gasteiger partial charge in [-0.15, -0.1) is 0 Å². The van der Waals surface area contributed by atoms with Gasteiger partial charge in [0, 0.05) is 56.6 Å². The number of nitrogens with zero attached hydrogens (tertiary/aromatic N) is 5. The first-order valence-corrected chi connectivity index (χ1v) is 9.59. The van der Waals surface area contributed by atoms with Crippen LogP contribution in [0.15, 0.2) is 41.5 Å². The summed E-state index contributed by atoms with van der Waals surface area (Å²) in [5.74, 6) is 0.584. The third-order valence-corrected chi connectivity index (χ3v) is 5.56. The maximum absolute atomic E-state index is 12.5. The van der Waals surface area contributed by atoms with Crippen molar-refractivity contribution in [3.8, 4) is 11.3 Å². The van der Waals surface area contributed by atoms with E-state index in [1.807, 2.05) is 24.1 Å². The standard InChI is InChI=1S/C20H25N5O2/c1-23-10-3-2-6-18(20(23)27)24-12-15(13-24)14-25-19(26)8-7-17(22-25)16-5-4-9-21-11-16/h4-5,7-9,11,15,18H,2-3,6,10,12-14H2,1H3. The molecular weight excluding hydrogens is 342 g/mol. The summed E-state index contributed by atoms with van der Waals surface area (Å²) >= 11 is 0. The van der Waals surface area contributed by atoms with E-state index < -0.39 is 0 Å². The van der Waals surface area contributed by atoms with Crippen LogP contribution in [0.4, 0.5) is 0 Å². The molecule has 0 bridgehead atoms. The molecule has 0 spiro atoms. The monoisotopic (exact) mass is 367 g/mol. The van der Waals surface area contributed by atoms with Crippen LogP contribution >= 0.6 is 0 Å². The molecule has 4 rings (SSSR count). The van der Waals surface area contributed by atoms with E-state index in [0.29, 0.717) is 12.5 Å². The molecule has 0 radical (unpaired) electrons. The maximum atomic E-state index is 12.5. The Morgan fingerprint density at radius 3 is 2.78 bits per heavy atom. The number of aromatic nitrogens is 3. The second-order valence-corrected chi connectivity index (χ2v) is 7.57. The summed E-state index contributed by atoms with van der Waals surface area (Å²) in [5, 5.41) is 4.51. The van der Waals surface area contributed by atoms with E-state index in [9.17, 15) is 9.59 Å². The first-order chi connectivity index (χ1) is 13.1. The molecule has 0 saturated carbocycles. The first kappa shape index (κ1) is 17.9. The van der Waals surface area contributed by atoms with Gasteiger partial charge in [0.15, 0.2) is 0 Å². The van der Waals surface area contributed by atoms with Gasteiger partial charge in [-0.1, -0.05) is 0 Å². The molecule has 2 aliphatic rings. The van der Waals surface area contributed by atoms with Crippen LogP contribution in [0, 0.1) is 5.92 Å². The van der Waals surface area contributed by atoms with Gasteiger partial charge in [0.05, 0.1) is 18.3 Å². The molecule has 7 heteroatoms. The van der Waals surface area contributed by atoms with E-state index >= 15 is 0 Å². The zero-order valence-electron chi connectivity index (χ0n) is 15.6. The number of likely N-dealkylation sites (N-methyl/N-ethyl adjacent to an activating group) is 1. The van der Waals surface area contributed by atoms with E-state index in [4.69, 9.17) is 0 Å². The third kappa shape index (κ3) is 3.78. The van der Waals surface area contributed by atoms with Crippen LogP contribution < -0.4 is 5.56 Å². The number of hydrogen-bond donors (Lipinski definition) is 0. The van der Waals surface area contributed by atoms with Crippen LogP contribution in [0.1, 0.15) is 19.3 Å². The van der Waals surface area contributed by atoms with Crippen LogP contribution in [0.25, 0.3) is 11.3 Å². The Morgan fingerprint density at radius 2 is 2.00 bits per heavy atom. The second-order valence-electron chi connectivity index (χ2n) is 7.57. The van der Waals surface area contributed by atoms with E-state index in [-0.39, 0.29) is 17.5 Å². The molecule has 1 unspecified atom stereocenters. The summed E-state index contributed by atoms with van der Waals surface area (Å²) in [6, 6.07) is 7.10. The van der Waals surface area contributed by atoms with Crippen molar-refractivity contribution in [1.82, 2.24) is 24.6 Å². The topological polar surface area (TPSA) is 71.3 Å². The van der Waals surface area contributed by atoms with E-state index in [0.717, 1.165) is 50.2 Å². The van der Waals surface area contributed by atoms with Crippen LogP contribution in [-0.4, -0.2) is 63.2 Å². The fourth-order valence-electron chi connectivity index (χ4n) is 3.99. The summed E-state index contributed by atoms with van der Waals surface area (Å²) in [6.07, 6.45) is 6.57. The number of pyridine rings is 1. The van der Waals surface area contributed by atoms with Gasteiger partial charge in [-0.3, -0.25) is 19.5 Å². The Kier molecular flexibility index (Phi) is 5.03. The number of hydrogen-bond acceptors (Lipinski definition) is 5. The molecule has 142 valence electrons. The lowest BCUT2D eigenvalue weighted by Gasteiger charge is -2.44. The summed E-state index contributed by atoms with van der Waals surface area (Å²) in [6.45, 7) is 3.12. The number of carbonyl (C=O) groups is 1. The zero-order valence-corrected chi connectivity index (χ0v) is 15.6. The minimum absolute atomic E-state index is 0.000147. The molecule has 7 nitrogen and oxygen atoms in total.